The second-order valence-electron chi connectivity index (χ2n) is 5.49. The summed E-state index contributed by atoms with van der Waals surface area (Å²) in [5.74, 6) is 0.191. The van der Waals surface area contributed by atoms with E-state index in [0.717, 1.165) is 17.5 Å². The fourth-order valence-electron chi connectivity index (χ4n) is 2.23. The number of hydrogen-bond acceptors (Lipinski definition) is 1. The minimum atomic E-state index is -0.434. The van der Waals surface area contributed by atoms with Crippen LogP contribution in [0.5, 0.6) is 0 Å². The Bertz CT molecular complexity index is 578. The highest BCUT2D eigenvalue weighted by molar-refractivity contribution is 6.30. The molecule has 0 aliphatic heterocycles. The van der Waals surface area contributed by atoms with Crippen LogP contribution in [0.2, 0.25) is 5.02 Å². The lowest BCUT2D eigenvalue weighted by Crippen LogP contribution is -2.12. The Balaban J connectivity index is 2.20. The van der Waals surface area contributed by atoms with Crippen LogP contribution in [0.25, 0.3) is 0 Å². The van der Waals surface area contributed by atoms with Gasteiger partial charge in [0.1, 0.15) is 5.82 Å². The van der Waals surface area contributed by atoms with Crippen LogP contribution in [0.1, 0.15) is 36.6 Å². The number of rotatable bonds is 4. The fraction of sp³-hybridized carbons (Fsp3) is 0.294. The summed E-state index contributed by atoms with van der Waals surface area (Å²) in [5, 5.41) is 0.119. The third-order valence-corrected chi connectivity index (χ3v) is 3.59. The molecule has 20 heavy (non-hydrogen) atoms. The Kier molecular flexibility index (Phi) is 4.79. The quantitative estimate of drug-likeness (QED) is 0.866. The lowest BCUT2D eigenvalue weighted by Gasteiger charge is -2.14. The normalized spacial score (nSPS) is 12.7. The topological polar surface area (TPSA) is 26.0 Å². The van der Waals surface area contributed by atoms with E-state index >= 15 is 0 Å². The molecule has 3 heteroatoms. The number of halogens is 2. The largest absolute Gasteiger partial charge is 0.320 e. The van der Waals surface area contributed by atoms with Crippen molar-refractivity contribution in [3.63, 3.8) is 0 Å². The lowest BCUT2D eigenvalue weighted by atomic mass is 9.96. The molecule has 106 valence electrons. The van der Waals surface area contributed by atoms with Gasteiger partial charge in [-0.25, -0.2) is 4.39 Å². The summed E-state index contributed by atoms with van der Waals surface area (Å²) >= 11 is 5.68. The smallest absolute Gasteiger partial charge is 0.142 e. The zero-order chi connectivity index (χ0) is 14.7. The molecular formula is C17H19ClFN. The second kappa shape index (κ2) is 6.38. The molecule has 0 amide bonds. The van der Waals surface area contributed by atoms with Crippen molar-refractivity contribution >= 4 is 11.6 Å². The van der Waals surface area contributed by atoms with E-state index in [1.54, 1.807) is 12.1 Å². The van der Waals surface area contributed by atoms with Crippen LogP contribution >= 0.6 is 11.6 Å². The number of nitrogens with two attached hydrogens (primary N) is 1. The third kappa shape index (κ3) is 3.59. The van der Waals surface area contributed by atoms with Crippen LogP contribution in [0.15, 0.2) is 42.5 Å². The van der Waals surface area contributed by atoms with Gasteiger partial charge in [0.05, 0.1) is 11.1 Å². The molecule has 0 spiro atoms. The van der Waals surface area contributed by atoms with Crippen LogP contribution in [-0.4, -0.2) is 0 Å². The molecule has 2 N–H and O–H groups in total. The van der Waals surface area contributed by atoms with E-state index in [-0.39, 0.29) is 11.1 Å². The molecular weight excluding hydrogens is 273 g/mol. The first-order valence-corrected chi connectivity index (χ1v) is 7.14. The van der Waals surface area contributed by atoms with Crippen LogP contribution in [0, 0.1) is 11.7 Å². The zero-order valence-corrected chi connectivity index (χ0v) is 12.5. The highest BCUT2D eigenvalue weighted by Crippen LogP contribution is 2.24. The fourth-order valence-corrected chi connectivity index (χ4v) is 2.35. The summed E-state index contributed by atoms with van der Waals surface area (Å²) in [6.07, 6.45) is 1.05. The highest BCUT2D eigenvalue weighted by Gasteiger charge is 2.11. The van der Waals surface area contributed by atoms with Gasteiger partial charge in [0.15, 0.2) is 0 Å². The summed E-state index contributed by atoms with van der Waals surface area (Å²) < 4.78 is 13.5. The summed E-state index contributed by atoms with van der Waals surface area (Å²) in [7, 11) is 0. The molecule has 0 heterocycles. The maximum Gasteiger partial charge on any atom is 0.142 e. The molecule has 1 unspecified atom stereocenters. The van der Waals surface area contributed by atoms with Crippen molar-refractivity contribution in [2.75, 3.05) is 0 Å². The minimum absolute atomic E-state index is 0.119. The van der Waals surface area contributed by atoms with E-state index in [0.29, 0.717) is 5.92 Å². The summed E-state index contributed by atoms with van der Waals surface area (Å²) in [5.41, 5.74) is 9.16. The van der Waals surface area contributed by atoms with Gasteiger partial charge in [-0.15, -0.1) is 0 Å². The van der Waals surface area contributed by atoms with Crippen molar-refractivity contribution in [3.05, 3.63) is 70.0 Å². The SMILES string of the molecule is CC(C)Cc1ccc(C(N)c2ccc(Cl)c(F)c2)cc1. The molecule has 2 aromatic rings. The van der Waals surface area contributed by atoms with Gasteiger partial charge in [-0.2, -0.15) is 0 Å². The summed E-state index contributed by atoms with van der Waals surface area (Å²) in [4.78, 5) is 0. The first kappa shape index (κ1) is 15.0. The van der Waals surface area contributed by atoms with Crippen molar-refractivity contribution in [1.29, 1.82) is 0 Å². The van der Waals surface area contributed by atoms with Crippen molar-refractivity contribution in [2.24, 2.45) is 11.7 Å². The van der Waals surface area contributed by atoms with E-state index < -0.39 is 5.82 Å². The van der Waals surface area contributed by atoms with Gasteiger partial charge in [-0.05, 0) is 41.2 Å². The molecule has 0 fully saturated rings. The molecule has 2 rings (SSSR count). The first-order valence-electron chi connectivity index (χ1n) is 6.76. The van der Waals surface area contributed by atoms with Crippen LogP contribution in [-0.2, 0) is 6.42 Å². The Hall–Kier alpha value is -1.38. The molecule has 1 nitrogen and oxygen atoms in total. The first-order chi connectivity index (χ1) is 9.47. The Labute approximate surface area is 124 Å². The van der Waals surface area contributed by atoms with E-state index in [2.05, 4.69) is 26.0 Å². The van der Waals surface area contributed by atoms with Gasteiger partial charge < -0.3 is 5.73 Å². The van der Waals surface area contributed by atoms with Crippen molar-refractivity contribution < 1.29 is 4.39 Å². The average Bonchev–Trinajstić information content (AvgIpc) is 2.41. The standard InChI is InChI=1S/C17H19ClFN/c1-11(2)9-12-3-5-13(6-4-12)17(20)14-7-8-15(18)16(19)10-14/h3-8,10-11,17H,9,20H2,1-2H3. The van der Waals surface area contributed by atoms with E-state index in [4.69, 9.17) is 17.3 Å². The molecule has 0 saturated heterocycles. The maximum absolute atomic E-state index is 13.5. The monoisotopic (exact) mass is 291 g/mol. The Morgan fingerprint density at radius 3 is 2.20 bits per heavy atom. The molecule has 0 aromatic heterocycles. The van der Waals surface area contributed by atoms with E-state index in [1.807, 2.05) is 12.1 Å². The minimum Gasteiger partial charge on any atom is -0.320 e. The molecule has 0 radical (unpaired) electrons. The van der Waals surface area contributed by atoms with Crippen LogP contribution in [0.3, 0.4) is 0 Å². The van der Waals surface area contributed by atoms with Gasteiger partial charge in [0, 0.05) is 0 Å². The van der Waals surface area contributed by atoms with E-state index in [9.17, 15) is 4.39 Å². The van der Waals surface area contributed by atoms with E-state index in [1.165, 1.54) is 11.6 Å². The van der Waals surface area contributed by atoms with Crippen LogP contribution < -0.4 is 5.73 Å². The van der Waals surface area contributed by atoms with Gasteiger partial charge in [0.25, 0.3) is 0 Å². The molecule has 0 saturated carbocycles. The maximum atomic E-state index is 13.5. The molecule has 0 aliphatic carbocycles. The van der Waals surface area contributed by atoms with Crippen molar-refractivity contribution in [2.45, 2.75) is 26.3 Å². The van der Waals surface area contributed by atoms with Gasteiger partial charge in [-0.1, -0.05) is 55.8 Å². The molecule has 2 aromatic carbocycles. The average molecular weight is 292 g/mol. The van der Waals surface area contributed by atoms with Crippen LogP contribution in [0.4, 0.5) is 4.39 Å². The van der Waals surface area contributed by atoms with Crippen molar-refractivity contribution in [3.8, 4) is 0 Å². The van der Waals surface area contributed by atoms with Crippen molar-refractivity contribution in [1.82, 2.24) is 0 Å². The van der Waals surface area contributed by atoms with Gasteiger partial charge in [0.2, 0.25) is 0 Å². The van der Waals surface area contributed by atoms with Gasteiger partial charge >= 0.3 is 0 Å². The highest BCUT2D eigenvalue weighted by atomic mass is 35.5. The summed E-state index contributed by atoms with van der Waals surface area (Å²) in [6, 6.07) is 12.5. The molecule has 0 bridgehead atoms. The second-order valence-corrected chi connectivity index (χ2v) is 5.90. The predicted molar refractivity (Wildman–Crippen MR) is 82.4 cm³/mol. The lowest BCUT2D eigenvalue weighted by molar-refractivity contribution is 0.624. The predicted octanol–water partition coefficient (Wildman–Crippen LogP) is 4.73. The number of benzene rings is 2. The number of hydrogen-bond donors (Lipinski definition) is 1. The third-order valence-electron chi connectivity index (χ3n) is 3.29. The summed E-state index contributed by atoms with van der Waals surface area (Å²) in [6.45, 7) is 4.38. The zero-order valence-electron chi connectivity index (χ0n) is 11.7. The molecule has 1 atom stereocenters. The van der Waals surface area contributed by atoms with Gasteiger partial charge in [-0.3, -0.25) is 0 Å². The Morgan fingerprint density at radius 2 is 1.65 bits per heavy atom. The Morgan fingerprint density at radius 1 is 1.05 bits per heavy atom. The molecule has 0 aliphatic rings.